The van der Waals surface area contributed by atoms with Crippen molar-refractivity contribution in [3.05, 3.63) is 47.2 Å². The van der Waals surface area contributed by atoms with Crippen LogP contribution in [0.25, 0.3) is 0 Å². The third-order valence-electron chi connectivity index (χ3n) is 12.1. The van der Waals surface area contributed by atoms with Gasteiger partial charge in [-0.2, -0.15) is 0 Å². The first kappa shape index (κ1) is 66.6. The molecule has 7 atom stereocenters. The van der Waals surface area contributed by atoms with Gasteiger partial charge in [-0.15, -0.1) is 0 Å². The normalized spacial score (nSPS) is 15.8. The van der Waals surface area contributed by atoms with E-state index in [1.54, 1.807) is 6.07 Å². The number of carbonyl (C=O) groups excluding carboxylic acids is 9. The summed E-state index contributed by atoms with van der Waals surface area (Å²) >= 11 is 0. The second-order valence-electron chi connectivity index (χ2n) is 18.2. The van der Waals surface area contributed by atoms with E-state index in [4.69, 9.17) is 51.6 Å². The lowest BCUT2D eigenvalue weighted by Crippen LogP contribution is -2.61. The predicted molar refractivity (Wildman–Crippen MR) is 287 cm³/mol. The number of benzene rings is 1. The van der Waals surface area contributed by atoms with Gasteiger partial charge in [-0.25, -0.2) is 9.79 Å². The first-order chi connectivity index (χ1) is 37.1. The first-order valence-electron chi connectivity index (χ1n) is 25.7. The van der Waals surface area contributed by atoms with Crippen LogP contribution in [-0.2, 0) is 49.6 Å². The van der Waals surface area contributed by atoms with Crippen molar-refractivity contribution in [2.45, 2.75) is 126 Å². The molecule has 1 aromatic rings. The Hall–Kier alpha value is -7.48. The molecule has 1 aliphatic heterocycles. The van der Waals surface area contributed by atoms with Gasteiger partial charge in [-0.1, -0.05) is 24.6 Å². The second-order valence-corrected chi connectivity index (χ2v) is 18.2. The number of aliphatic imine (C=N–C) groups is 2. The van der Waals surface area contributed by atoms with Crippen molar-refractivity contribution in [1.82, 2.24) is 36.8 Å². The molecule has 78 heavy (non-hydrogen) atoms. The lowest BCUT2D eigenvalue weighted by atomic mass is 10.0. The number of primary amides is 1. The number of nitrogens with zero attached hydrogens (tertiary/aromatic N) is 3. The third-order valence-corrected chi connectivity index (χ3v) is 12.1. The number of carboxylic acid groups (broad SMARTS) is 1. The summed E-state index contributed by atoms with van der Waals surface area (Å²) in [5.74, 6) is -9.62. The van der Waals surface area contributed by atoms with Gasteiger partial charge in [-0.3, -0.25) is 48.1 Å². The highest BCUT2D eigenvalue weighted by Gasteiger charge is 2.39. The maximum absolute atomic E-state index is 14.3. The molecule has 0 saturated carbocycles. The fourth-order valence-corrected chi connectivity index (χ4v) is 7.89. The number of aliphatic hydroxyl groups is 1. The molecule has 26 N–H and O–H groups in total. The van der Waals surface area contributed by atoms with Crippen LogP contribution >= 0.6 is 0 Å². The highest BCUT2D eigenvalue weighted by atomic mass is 16.4. The smallest absolute Gasteiger partial charge is 0.352 e. The molecular formula is C48H80N18O12. The molecule has 0 spiro atoms. The van der Waals surface area contributed by atoms with E-state index in [2.05, 4.69) is 41.9 Å². The van der Waals surface area contributed by atoms with Crippen LogP contribution in [0.4, 0.5) is 0 Å². The molecule has 0 unspecified atom stereocenters. The lowest BCUT2D eigenvalue weighted by molar-refractivity contribution is -0.137. The molecular weight excluding hydrogens is 1020 g/mol. The number of guanidine groups is 1. The number of aliphatic carboxylic acids is 1. The summed E-state index contributed by atoms with van der Waals surface area (Å²) in [7, 11) is 0. The molecule has 0 aromatic heterocycles. The third kappa shape index (κ3) is 23.4. The number of amides is 9. The van der Waals surface area contributed by atoms with Crippen LogP contribution in [0.3, 0.4) is 0 Å². The highest BCUT2D eigenvalue weighted by molar-refractivity contribution is 6.40. The van der Waals surface area contributed by atoms with Crippen molar-refractivity contribution in [2.24, 2.45) is 61.6 Å². The van der Waals surface area contributed by atoms with Crippen LogP contribution in [0, 0.1) is 0 Å². The fraction of sp³-hybridized carbons (Fsp3) is 0.583. The number of aliphatic hydroxyl groups excluding tert-OH is 1. The van der Waals surface area contributed by atoms with E-state index in [-0.39, 0.29) is 101 Å². The number of hydrogen-bond acceptors (Lipinski definition) is 18. The highest BCUT2D eigenvalue weighted by Crippen LogP contribution is 2.20. The van der Waals surface area contributed by atoms with Gasteiger partial charge in [0.25, 0.3) is 11.8 Å². The number of likely N-dealkylation sites (tertiary alicyclic amines) is 1. The van der Waals surface area contributed by atoms with Crippen LogP contribution in [0.15, 0.2) is 46.0 Å². The number of carbonyl (C=O) groups is 10. The van der Waals surface area contributed by atoms with Crippen molar-refractivity contribution < 1.29 is 58.2 Å². The average Bonchev–Trinajstić information content (AvgIpc) is 3.91. The Labute approximate surface area is 451 Å². The first-order valence-corrected chi connectivity index (χ1v) is 25.7. The van der Waals surface area contributed by atoms with E-state index in [1.165, 1.54) is 29.2 Å². The number of unbranched alkanes of at least 4 members (excludes halogenated alkanes) is 2. The van der Waals surface area contributed by atoms with Gasteiger partial charge in [0.1, 0.15) is 41.6 Å². The topological polar surface area (TPSA) is 545 Å². The zero-order valence-electron chi connectivity index (χ0n) is 43.8. The minimum absolute atomic E-state index is 0.00909. The molecule has 1 aromatic carbocycles. The summed E-state index contributed by atoms with van der Waals surface area (Å²) < 4.78 is 0. The molecule has 434 valence electrons. The molecule has 1 heterocycles. The monoisotopic (exact) mass is 1100 g/mol. The van der Waals surface area contributed by atoms with E-state index < -0.39 is 120 Å². The largest absolute Gasteiger partial charge is 0.477 e. The zero-order chi connectivity index (χ0) is 58.3. The summed E-state index contributed by atoms with van der Waals surface area (Å²) in [5.41, 5.74) is 50.0. The lowest BCUT2D eigenvalue weighted by Gasteiger charge is -2.28. The Morgan fingerprint density at radius 1 is 0.744 bits per heavy atom. The van der Waals surface area contributed by atoms with E-state index in [1.807, 2.05) is 0 Å². The van der Waals surface area contributed by atoms with Crippen molar-refractivity contribution in [1.29, 1.82) is 0 Å². The summed E-state index contributed by atoms with van der Waals surface area (Å²) in [6.07, 6.45) is 1.72. The molecule has 9 amide bonds. The maximum Gasteiger partial charge on any atom is 0.352 e. The van der Waals surface area contributed by atoms with Crippen molar-refractivity contribution in [3.63, 3.8) is 0 Å². The molecule has 30 heteroatoms. The predicted octanol–water partition coefficient (Wildman–Crippen LogP) is -6.92. The SMILES string of the molecule is NCCCC[C@H](NC(=O)[C@H](Cc1cccc(C(N)=O)c1)NC(=O)[C@@H]1CCCN1C(=O)C(CCCN)=NC(=O)CNC(=O)[C@H](CCN)NC(=O)[C@@H](NC(=O)[C@@H](N)CCCCN)[C@@H](O)CN)C(=O)N/C(=C\CCN=C(N)N)C(=O)O. The van der Waals surface area contributed by atoms with Gasteiger partial charge in [0.15, 0.2) is 5.96 Å². The van der Waals surface area contributed by atoms with E-state index in [9.17, 15) is 58.2 Å². The molecule has 0 aliphatic carbocycles. The van der Waals surface area contributed by atoms with Crippen LogP contribution in [0.5, 0.6) is 0 Å². The van der Waals surface area contributed by atoms with Gasteiger partial charge in [0.2, 0.25) is 41.4 Å². The van der Waals surface area contributed by atoms with Crippen LogP contribution < -0.4 is 83.5 Å². The molecule has 1 fully saturated rings. The Bertz CT molecular complexity index is 2310. The van der Waals surface area contributed by atoms with Crippen LogP contribution in [0.2, 0.25) is 0 Å². The Kier molecular flexibility index (Phi) is 30.6. The van der Waals surface area contributed by atoms with Gasteiger partial charge in [0, 0.05) is 31.6 Å². The zero-order valence-corrected chi connectivity index (χ0v) is 43.8. The van der Waals surface area contributed by atoms with Crippen molar-refractivity contribution in [3.8, 4) is 0 Å². The van der Waals surface area contributed by atoms with Gasteiger partial charge in [0.05, 0.1) is 18.7 Å². The standard InChI is InChI=1S/C48H80N18O12/c49-17-3-1-11-29(54)40(70)65-38(36(67)25-53)45(75)62-31(16-20-52)41(71)59-26-37(68)60-32(13-6-19-51)46(76)66-22-8-15-35(66)44(74)64-34(24-27-9-5-10-28(23-27)39(55)69)43(73)61-30(12-2-4-18-50)42(72)63-33(47(77)78)14-7-21-58-48(56)57/h5,9-10,14,23,29-31,34-36,38,67H,1-4,6-8,11-13,15-22,24-26,49-54H2,(H2,55,69)(H,59,71)(H,61,73)(H,62,75)(H,63,72)(H,64,74)(H,65,70)(H,77,78)(H4,56,57,58)/b33-14-,60-32?/t29-,30-,31-,34-,35-,36-,38-/m0/s1. The quantitative estimate of drug-likeness (QED) is 0.0128. The molecule has 30 nitrogen and oxygen atoms in total. The van der Waals surface area contributed by atoms with Crippen molar-refractivity contribution in [2.75, 3.05) is 52.4 Å². The molecule has 1 saturated heterocycles. The minimum Gasteiger partial charge on any atom is -0.477 e. The molecule has 2 rings (SSSR count). The molecule has 0 radical (unpaired) electrons. The van der Waals surface area contributed by atoms with Gasteiger partial charge in [-0.05, 0) is 115 Å². The average molecular weight is 1100 g/mol. The molecule has 0 bridgehead atoms. The summed E-state index contributed by atoms with van der Waals surface area (Å²) in [5, 5.41) is 35.0. The minimum atomic E-state index is -1.63. The molecule has 1 aliphatic rings. The van der Waals surface area contributed by atoms with Crippen LogP contribution in [-0.4, -0.2) is 181 Å². The number of nitrogens with one attached hydrogen (secondary N) is 6. The summed E-state index contributed by atoms with van der Waals surface area (Å²) in [6.45, 7) is -0.667. The van der Waals surface area contributed by atoms with Gasteiger partial charge >= 0.3 is 5.97 Å². The fourth-order valence-electron chi connectivity index (χ4n) is 7.89. The second kappa shape index (κ2) is 35.8. The van der Waals surface area contributed by atoms with E-state index >= 15 is 0 Å². The number of rotatable bonds is 36. The number of carboxylic acids is 1. The van der Waals surface area contributed by atoms with E-state index in [0.29, 0.717) is 44.2 Å². The van der Waals surface area contributed by atoms with Crippen molar-refractivity contribution >= 4 is 70.8 Å². The summed E-state index contributed by atoms with van der Waals surface area (Å²) in [4.78, 5) is 143. The van der Waals surface area contributed by atoms with Crippen LogP contribution in [0.1, 0.15) is 93.0 Å². The maximum atomic E-state index is 14.3. The Morgan fingerprint density at radius 2 is 1.40 bits per heavy atom. The Morgan fingerprint density at radius 3 is 2.01 bits per heavy atom. The van der Waals surface area contributed by atoms with E-state index in [0.717, 1.165) is 0 Å². The Balaban J connectivity index is 2.39. The summed E-state index contributed by atoms with van der Waals surface area (Å²) in [6, 6.07) is -2.21. The number of nitrogens with two attached hydrogens (primary N) is 9. The number of hydrogen-bond donors (Lipinski definition) is 17. The van der Waals surface area contributed by atoms with Gasteiger partial charge < -0.3 is 98.6 Å².